The highest BCUT2D eigenvalue weighted by Gasteiger charge is 2.17. The SMILES string of the molecule is COc1ccc2c(c1)c(-c1nc(-c3cn(C)c4ncccc34)cs1)cn2CCN. The third-order valence-corrected chi connectivity index (χ3v) is 6.08. The second kappa shape index (κ2) is 7.02. The molecule has 0 radical (unpaired) electrons. The predicted molar refractivity (Wildman–Crippen MR) is 118 cm³/mol. The number of ether oxygens (including phenoxy) is 1. The summed E-state index contributed by atoms with van der Waals surface area (Å²) in [6.07, 6.45) is 6.06. The summed E-state index contributed by atoms with van der Waals surface area (Å²) < 4.78 is 9.68. The van der Waals surface area contributed by atoms with E-state index in [2.05, 4.69) is 45.5 Å². The van der Waals surface area contributed by atoms with Gasteiger partial charge in [-0.1, -0.05) is 0 Å². The molecule has 0 unspecified atom stereocenters. The Morgan fingerprint density at radius 3 is 2.86 bits per heavy atom. The molecule has 2 N–H and O–H groups in total. The molecule has 0 fully saturated rings. The number of fused-ring (bicyclic) bond motifs is 2. The average molecular weight is 404 g/mol. The van der Waals surface area contributed by atoms with E-state index >= 15 is 0 Å². The van der Waals surface area contributed by atoms with E-state index in [4.69, 9.17) is 15.5 Å². The number of hydrogen-bond donors (Lipinski definition) is 1. The van der Waals surface area contributed by atoms with Crippen molar-refractivity contribution in [1.82, 2.24) is 19.1 Å². The van der Waals surface area contributed by atoms with Crippen LogP contribution in [0.25, 0.3) is 43.8 Å². The minimum atomic E-state index is 0.585. The van der Waals surface area contributed by atoms with Crippen LogP contribution in [0.1, 0.15) is 0 Å². The van der Waals surface area contributed by atoms with Crippen molar-refractivity contribution in [3.05, 3.63) is 54.3 Å². The summed E-state index contributed by atoms with van der Waals surface area (Å²) >= 11 is 1.65. The van der Waals surface area contributed by atoms with Crippen LogP contribution in [-0.2, 0) is 13.6 Å². The highest BCUT2D eigenvalue weighted by molar-refractivity contribution is 7.13. The van der Waals surface area contributed by atoms with Gasteiger partial charge >= 0.3 is 0 Å². The summed E-state index contributed by atoms with van der Waals surface area (Å²) in [5.41, 5.74) is 11.1. The minimum Gasteiger partial charge on any atom is -0.497 e. The first-order chi connectivity index (χ1) is 14.2. The lowest BCUT2D eigenvalue weighted by atomic mass is 10.1. The van der Waals surface area contributed by atoms with Crippen molar-refractivity contribution in [3.8, 4) is 27.6 Å². The number of nitrogens with two attached hydrogens (primary N) is 1. The quantitative estimate of drug-likeness (QED) is 0.475. The van der Waals surface area contributed by atoms with Crippen molar-refractivity contribution in [2.45, 2.75) is 6.54 Å². The van der Waals surface area contributed by atoms with Crippen LogP contribution in [0.3, 0.4) is 0 Å². The number of aromatic nitrogens is 4. The summed E-state index contributed by atoms with van der Waals surface area (Å²) in [6, 6.07) is 10.2. The molecule has 7 heteroatoms. The van der Waals surface area contributed by atoms with Crippen LogP contribution in [0.5, 0.6) is 5.75 Å². The van der Waals surface area contributed by atoms with E-state index in [1.54, 1.807) is 18.4 Å². The minimum absolute atomic E-state index is 0.585. The molecule has 0 aliphatic heterocycles. The van der Waals surface area contributed by atoms with Crippen LogP contribution in [-0.4, -0.2) is 32.8 Å². The lowest BCUT2D eigenvalue weighted by Crippen LogP contribution is -2.08. The summed E-state index contributed by atoms with van der Waals surface area (Å²) in [5, 5.41) is 5.33. The van der Waals surface area contributed by atoms with Gasteiger partial charge in [0.1, 0.15) is 16.4 Å². The Kier molecular flexibility index (Phi) is 4.34. The Morgan fingerprint density at radius 2 is 2.03 bits per heavy atom. The molecule has 146 valence electrons. The zero-order valence-electron chi connectivity index (χ0n) is 16.3. The van der Waals surface area contributed by atoms with Gasteiger partial charge in [0.25, 0.3) is 0 Å². The second-order valence-corrected chi connectivity index (χ2v) is 7.83. The first-order valence-electron chi connectivity index (χ1n) is 9.43. The highest BCUT2D eigenvalue weighted by atomic mass is 32.1. The van der Waals surface area contributed by atoms with Crippen LogP contribution < -0.4 is 10.5 Å². The number of nitrogens with zero attached hydrogens (tertiary/aromatic N) is 4. The lowest BCUT2D eigenvalue weighted by Gasteiger charge is -2.03. The molecule has 0 amide bonds. The summed E-state index contributed by atoms with van der Waals surface area (Å²) in [7, 11) is 3.70. The molecule has 0 bridgehead atoms. The monoisotopic (exact) mass is 403 g/mol. The van der Waals surface area contributed by atoms with Crippen LogP contribution in [0.4, 0.5) is 0 Å². The van der Waals surface area contributed by atoms with E-state index in [-0.39, 0.29) is 0 Å². The average Bonchev–Trinajstić information content (AvgIpc) is 3.44. The fraction of sp³-hybridized carbons (Fsp3) is 0.182. The number of rotatable bonds is 5. The molecule has 5 rings (SSSR count). The molecule has 1 aromatic carbocycles. The molecule has 0 saturated carbocycles. The molecule has 6 nitrogen and oxygen atoms in total. The van der Waals surface area contributed by atoms with Crippen molar-refractivity contribution in [1.29, 1.82) is 0 Å². The highest BCUT2D eigenvalue weighted by Crippen LogP contribution is 2.38. The predicted octanol–water partition coefficient (Wildman–Crippen LogP) is 4.29. The molecule has 5 aromatic rings. The van der Waals surface area contributed by atoms with Gasteiger partial charge in [-0.25, -0.2) is 9.97 Å². The van der Waals surface area contributed by atoms with Crippen LogP contribution in [0.2, 0.25) is 0 Å². The van der Waals surface area contributed by atoms with Gasteiger partial charge in [-0.3, -0.25) is 0 Å². The maximum Gasteiger partial charge on any atom is 0.140 e. The fourth-order valence-corrected chi connectivity index (χ4v) is 4.68. The van der Waals surface area contributed by atoms with E-state index in [1.807, 2.05) is 29.9 Å². The maximum atomic E-state index is 5.82. The van der Waals surface area contributed by atoms with E-state index in [0.29, 0.717) is 6.54 Å². The van der Waals surface area contributed by atoms with Gasteiger partial charge in [0.2, 0.25) is 0 Å². The zero-order valence-corrected chi connectivity index (χ0v) is 17.1. The molecule has 0 aliphatic carbocycles. The molecule has 4 heterocycles. The largest absolute Gasteiger partial charge is 0.497 e. The summed E-state index contributed by atoms with van der Waals surface area (Å²) in [4.78, 5) is 9.47. The van der Waals surface area contributed by atoms with Crippen LogP contribution >= 0.6 is 11.3 Å². The van der Waals surface area contributed by atoms with Crippen LogP contribution in [0.15, 0.2) is 54.3 Å². The van der Waals surface area contributed by atoms with Crippen molar-refractivity contribution in [2.24, 2.45) is 12.8 Å². The van der Waals surface area contributed by atoms with Crippen molar-refractivity contribution < 1.29 is 4.74 Å². The number of methoxy groups -OCH3 is 1. The lowest BCUT2D eigenvalue weighted by molar-refractivity contribution is 0.415. The molecule has 0 atom stereocenters. The topological polar surface area (TPSA) is 70.9 Å². The maximum absolute atomic E-state index is 5.82. The summed E-state index contributed by atoms with van der Waals surface area (Å²) in [5.74, 6) is 0.834. The van der Waals surface area contributed by atoms with Crippen molar-refractivity contribution >= 4 is 33.3 Å². The zero-order chi connectivity index (χ0) is 20.0. The molecular weight excluding hydrogens is 382 g/mol. The van der Waals surface area contributed by atoms with Gasteiger partial charge in [-0.05, 0) is 30.3 Å². The van der Waals surface area contributed by atoms with E-state index in [0.717, 1.165) is 56.1 Å². The standard InChI is InChI=1S/C22H21N5OS/c1-26-11-17(15-4-3-8-24-21(15)26)19-13-29-22(25-19)18-12-27(9-7-23)20-6-5-14(28-2)10-16(18)20/h3-6,8,10-13H,7,9,23H2,1-2H3. The van der Waals surface area contributed by atoms with Gasteiger partial charge in [0.05, 0.1) is 12.8 Å². The Bertz CT molecular complexity index is 1330. The molecule has 0 aliphatic rings. The first kappa shape index (κ1) is 17.9. The first-order valence-corrected chi connectivity index (χ1v) is 10.3. The number of aryl methyl sites for hydroxylation is 1. The second-order valence-electron chi connectivity index (χ2n) is 6.97. The number of thiazole rings is 1. The molecule has 0 spiro atoms. The Balaban J connectivity index is 1.66. The third-order valence-electron chi connectivity index (χ3n) is 5.20. The smallest absolute Gasteiger partial charge is 0.140 e. The normalized spacial score (nSPS) is 11.6. The Morgan fingerprint density at radius 1 is 1.14 bits per heavy atom. The van der Waals surface area contributed by atoms with Gasteiger partial charge in [0.15, 0.2) is 0 Å². The van der Waals surface area contributed by atoms with E-state index in [1.165, 1.54) is 0 Å². The Labute approximate surface area is 172 Å². The molecule has 4 aromatic heterocycles. The van der Waals surface area contributed by atoms with Crippen molar-refractivity contribution in [3.63, 3.8) is 0 Å². The van der Waals surface area contributed by atoms with E-state index in [9.17, 15) is 0 Å². The third kappa shape index (κ3) is 2.90. The van der Waals surface area contributed by atoms with Gasteiger partial charge < -0.3 is 19.6 Å². The van der Waals surface area contributed by atoms with Gasteiger partial charge in [-0.2, -0.15) is 0 Å². The number of benzene rings is 1. The molecule has 0 saturated heterocycles. The fourth-order valence-electron chi connectivity index (χ4n) is 3.84. The molecular formula is C22H21N5OS. The van der Waals surface area contributed by atoms with E-state index < -0.39 is 0 Å². The van der Waals surface area contributed by atoms with Crippen molar-refractivity contribution in [2.75, 3.05) is 13.7 Å². The summed E-state index contributed by atoms with van der Waals surface area (Å²) in [6.45, 7) is 1.34. The molecule has 29 heavy (non-hydrogen) atoms. The number of hydrogen-bond acceptors (Lipinski definition) is 5. The van der Waals surface area contributed by atoms with Gasteiger partial charge in [0, 0.05) is 71.5 Å². The number of pyridine rings is 1. The Hall–Kier alpha value is -3.16. The van der Waals surface area contributed by atoms with Crippen LogP contribution in [0, 0.1) is 0 Å². The van der Waals surface area contributed by atoms with Gasteiger partial charge in [-0.15, -0.1) is 11.3 Å².